The second-order valence-electron chi connectivity index (χ2n) is 8.69. The van der Waals surface area contributed by atoms with Crippen molar-refractivity contribution in [2.24, 2.45) is 16.6 Å². The zero-order valence-corrected chi connectivity index (χ0v) is 17.6. The topological polar surface area (TPSA) is 322 Å². The van der Waals surface area contributed by atoms with Crippen molar-refractivity contribution in [1.29, 1.82) is 0 Å². The molecule has 0 aromatic carbocycles. The molecule has 9 atom stereocenters. The SMILES string of the molecule is NC1=N[C@H](O)C2[C@@H]3O[C@@]4(O)O[C@H]([C@H](O)C2(N1)[C@@H]4O)[C@]3(O)CO.O=C(O)CC(O)(CC(=O)O)C(=O)O. The van der Waals surface area contributed by atoms with Crippen molar-refractivity contribution in [3.05, 3.63) is 0 Å². The van der Waals surface area contributed by atoms with E-state index in [1.165, 1.54) is 0 Å². The lowest BCUT2D eigenvalue weighted by Crippen LogP contribution is -2.95. The van der Waals surface area contributed by atoms with Crippen molar-refractivity contribution >= 4 is 23.9 Å². The molecule has 1 spiro atoms. The van der Waals surface area contributed by atoms with Crippen molar-refractivity contribution in [3.63, 3.8) is 0 Å². The minimum absolute atomic E-state index is 0.250. The molecule has 4 heterocycles. The van der Waals surface area contributed by atoms with Gasteiger partial charge in [-0.15, -0.1) is 0 Å². The largest absolute Gasteiger partial charge is 0.481 e. The second-order valence-corrected chi connectivity index (χ2v) is 8.69. The standard InChI is InChI=1S/C11H17N3O8.C6H8O7/c12-8-13-6(17)2-4-9(19,1-15)5-3(16)10(2,14-8)7(18)11(20,21-4)22-5;7-3(8)1-6(13,5(11)12)2-4(9)10/h2-7,15-20H,1H2,(H3,12,13,14);13H,1-2H2,(H,7,8)(H,9,10)(H,11,12)/t2?,3-,4-,5+,6+,7-,9-,10?,11+;/m0./s1. The van der Waals surface area contributed by atoms with E-state index in [1.807, 2.05) is 0 Å². The first kappa shape index (κ1) is 26.9. The number of carbonyl (C=O) groups is 3. The molecule has 0 amide bonds. The summed E-state index contributed by atoms with van der Waals surface area (Å²) in [6, 6.07) is 0. The molecule has 5 rings (SSSR count). The van der Waals surface area contributed by atoms with Crippen LogP contribution in [-0.2, 0) is 23.9 Å². The summed E-state index contributed by atoms with van der Waals surface area (Å²) < 4.78 is 10.3. The third-order valence-corrected chi connectivity index (χ3v) is 6.50. The molecule has 0 radical (unpaired) electrons. The molecule has 4 bridgehead atoms. The van der Waals surface area contributed by atoms with Gasteiger partial charge < -0.3 is 71.6 Å². The molecule has 5 aliphatic rings. The van der Waals surface area contributed by atoms with Crippen LogP contribution in [0.1, 0.15) is 12.8 Å². The van der Waals surface area contributed by atoms with Crippen LogP contribution < -0.4 is 11.1 Å². The Bertz CT molecular complexity index is 930. The van der Waals surface area contributed by atoms with E-state index in [-0.39, 0.29) is 5.96 Å². The van der Waals surface area contributed by atoms with Crippen LogP contribution in [-0.4, -0.2) is 135 Å². The minimum Gasteiger partial charge on any atom is -0.481 e. The first-order valence-corrected chi connectivity index (χ1v) is 9.94. The molecule has 0 aromatic rings. The van der Waals surface area contributed by atoms with Gasteiger partial charge in [-0.3, -0.25) is 9.59 Å². The van der Waals surface area contributed by atoms with Gasteiger partial charge in [-0.05, 0) is 0 Å². The van der Waals surface area contributed by atoms with Gasteiger partial charge in [0, 0.05) is 0 Å². The number of aliphatic carboxylic acids is 3. The number of nitrogens with zero attached hydrogens (tertiary/aromatic N) is 1. The number of rotatable bonds is 6. The number of hydrogen-bond donors (Lipinski definition) is 12. The van der Waals surface area contributed by atoms with Crippen LogP contribution >= 0.6 is 0 Å². The third-order valence-electron chi connectivity index (χ3n) is 6.50. The quantitative estimate of drug-likeness (QED) is 0.157. The molecular weight excluding hydrogens is 486 g/mol. The van der Waals surface area contributed by atoms with E-state index in [0.717, 1.165) is 0 Å². The van der Waals surface area contributed by atoms with Crippen LogP contribution in [0.3, 0.4) is 0 Å². The lowest BCUT2D eigenvalue weighted by atomic mass is 9.55. The highest BCUT2D eigenvalue weighted by Crippen LogP contribution is 2.58. The molecule has 13 N–H and O–H groups in total. The summed E-state index contributed by atoms with van der Waals surface area (Å²) in [5, 5.41) is 98.1. The molecule has 1 saturated carbocycles. The number of hydrogen-bond acceptors (Lipinski definition) is 15. The predicted molar refractivity (Wildman–Crippen MR) is 103 cm³/mol. The zero-order chi connectivity index (χ0) is 26.7. The molecule has 4 fully saturated rings. The van der Waals surface area contributed by atoms with Gasteiger partial charge in [0.15, 0.2) is 23.9 Å². The summed E-state index contributed by atoms with van der Waals surface area (Å²) in [6.45, 7) is -0.857. The number of nitrogens with two attached hydrogens (primary N) is 1. The molecule has 1 aliphatic carbocycles. The monoisotopic (exact) mass is 511 g/mol. The summed E-state index contributed by atoms with van der Waals surface area (Å²) >= 11 is 0. The molecule has 4 aliphatic heterocycles. The number of nitrogens with one attached hydrogen (secondary N) is 1. The maximum atomic E-state index is 10.6. The van der Waals surface area contributed by atoms with Gasteiger partial charge in [-0.2, -0.15) is 0 Å². The maximum Gasteiger partial charge on any atom is 0.336 e. The zero-order valence-electron chi connectivity index (χ0n) is 17.6. The highest BCUT2D eigenvalue weighted by atomic mass is 16.9. The van der Waals surface area contributed by atoms with E-state index in [1.54, 1.807) is 0 Å². The Labute approximate surface area is 194 Å². The number of ether oxygens (including phenoxy) is 2. The first-order valence-electron chi connectivity index (χ1n) is 9.94. The number of aliphatic hydroxyl groups excluding tert-OH is 4. The number of guanidine groups is 1. The Morgan fingerprint density at radius 1 is 1.03 bits per heavy atom. The van der Waals surface area contributed by atoms with Gasteiger partial charge in [0.25, 0.3) is 0 Å². The van der Waals surface area contributed by atoms with Crippen molar-refractivity contribution in [3.8, 4) is 0 Å². The van der Waals surface area contributed by atoms with Gasteiger partial charge in [0.2, 0.25) is 0 Å². The van der Waals surface area contributed by atoms with E-state index in [2.05, 4.69) is 10.3 Å². The fourth-order valence-corrected chi connectivity index (χ4v) is 4.95. The smallest absolute Gasteiger partial charge is 0.336 e. The minimum atomic E-state index is -2.74. The Balaban J connectivity index is 0.000000228. The highest BCUT2D eigenvalue weighted by Gasteiger charge is 2.83. The molecule has 18 nitrogen and oxygen atoms in total. The molecule has 2 unspecified atom stereocenters. The number of aliphatic imine (C=N–C) groups is 1. The van der Waals surface area contributed by atoms with Crippen LogP contribution in [0.2, 0.25) is 0 Å². The summed E-state index contributed by atoms with van der Waals surface area (Å²) in [7, 11) is 0. The summed E-state index contributed by atoms with van der Waals surface area (Å²) in [5.74, 6) is -8.96. The van der Waals surface area contributed by atoms with Crippen LogP contribution in [0, 0.1) is 5.92 Å². The lowest BCUT2D eigenvalue weighted by molar-refractivity contribution is -0.548. The average molecular weight is 511 g/mol. The normalized spacial score (nSPS) is 43.2. The van der Waals surface area contributed by atoms with Crippen LogP contribution in [0.15, 0.2) is 4.99 Å². The van der Waals surface area contributed by atoms with E-state index < -0.39 is 96.6 Å². The summed E-state index contributed by atoms with van der Waals surface area (Å²) in [4.78, 5) is 34.2. The van der Waals surface area contributed by atoms with E-state index in [0.29, 0.717) is 0 Å². The van der Waals surface area contributed by atoms with E-state index in [4.69, 9.17) is 35.6 Å². The van der Waals surface area contributed by atoms with Gasteiger partial charge >= 0.3 is 23.9 Å². The van der Waals surface area contributed by atoms with Crippen LogP contribution in [0.5, 0.6) is 0 Å². The number of carboxylic acids is 3. The first-order chi connectivity index (χ1) is 16.0. The lowest BCUT2D eigenvalue weighted by Gasteiger charge is -2.71. The van der Waals surface area contributed by atoms with Gasteiger partial charge in [0.05, 0.1) is 25.4 Å². The Hall–Kier alpha value is -2.68. The fraction of sp³-hybridized carbons (Fsp3) is 0.765. The number of carboxylic acid groups (broad SMARTS) is 3. The van der Waals surface area contributed by atoms with Gasteiger partial charge in [-0.25, -0.2) is 9.79 Å². The molecule has 0 aromatic heterocycles. The van der Waals surface area contributed by atoms with Gasteiger partial charge in [0.1, 0.15) is 29.5 Å². The Morgan fingerprint density at radius 2 is 1.54 bits per heavy atom. The molecule has 3 saturated heterocycles. The number of aliphatic hydroxyl groups is 7. The van der Waals surface area contributed by atoms with Crippen LogP contribution in [0.4, 0.5) is 0 Å². The molecule has 198 valence electrons. The highest BCUT2D eigenvalue weighted by molar-refractivity contribution is 5.88. The van der Waals surface area contributed by atoms with Crippen LogP contribution in [0.25, 0.3) is 0 Å². The third kappa shape index (κ3) is 3.88. The molecule has 18 heteroatoms. The van der Waals surface area contributed by atoms with Crippen molar-refractivity contribution in [2.75, 3.05) is 6.61 Å². The fourth-order valence-electron chi connectivity index (χ4n) is 4.95. The predicted octanol–water partition coefficient (Wildman–Crippen LogP) is -6.77. The Morgan fingerprint density at radius 3 is 2.00 bits per heavy atom. The Kier molecular flexibility index (Phi) is 6.51. The van der Waals surface area contributed by atoms with Crippen molar-refractivity contribution < 1.29 is 74.9 Å². The molecular formula is C17H25N3O15. The van der Waals surface area contributed by atoms with E-state index >= 15 is 0 Å². The summed E-state index contributed by atoms with van der Waals surface area (Å²) in [6.07, 6.45) is -10.1. The maximum absolute atomic E-state index is 10.6. The summed E-state index contributed by atoms with van der Waals surface area (Å²) in [5.41, 5.74) is -1.00. The van der Waals surface area contributed by atoms with Crippen molar-refractivity contribution in [2.45, 2.75) is 66.2 Å². The van der Waals surface area contributed by atoms with E-state index in [9.17, 15) is 45.0 Å². The van der Waals surface area contributed by atoms with Crippen molar-refractivity contribution in [1.82, 2.24) is 5.32 Å². The molecule has 35 heavy (non-hydrogen) atoms. The second kappa shape index (κ2) is 8.47. The average Bonchev–Trinajstić information content (AvgIpc) is 2.71. The van der Waals surface area contributed by atoms with Gasteiger partial charge in [-0.1, -0.05) is 0 Å².